The quantitative estimate of drug-likeness (QED) is 0.549. The van der Waals surface area contributed by atoms with Crippen molar-refractivity contribution in [1.82, 2.24) is 0 Å². The van der Waals surface area contributed by atoms with Crippen LogP contribution in [0.2, 0.25) is 7.87 Å². The Kier molecular flexibility index (Phi) is 7.82. The first kappa shape index (κ1) is 14.7. The van der Waals surface area contributed by atoms with E-state index in [0.29, 0.717) is 13.2 Å². The Morgan fingerprint density at radius 2 is 1.33 bits per heavy atom. The van der Waals surface area contributed by atoms with E-state index in [-0.39, 0.29) is 19.8 Å². The van der Waals surface area contributed by atoms with Crippen LogP contribution in [0.5, 0.6) is 0 Å². The molecule has 0 bridgehead atoms. The summed E-state index contributed by atoms with van der Waals surface area (Å²) in [7, 11) is 0. The van der Waals surface area contributed by atoms with Crippen LogP contribution in [0.15, 0.2) is 0 Å². The zero-order chi connectivity index (χ0) is 11.8. The van der Waals surface area contributed by atoms with Gasteiger partial charge in [-0.25, -0.2) is 0 Å². The summed E-state index contributed by atoms with van der Waals surface area (Å²) in [5.74, 6) is -0.361. The Labute approximate surface area is 101 Å². The molecule has 0 rings (SSSR count). The van der Waals surface area contributed by atoms with Crippen molar-refractivity contribution in [3.8, 4) is 0 Å². The Morgan fingerprint density at radius 3 is 1.60 bits per heavy atom. The van der Waals surface area contributed by atoms with Gasteiger partial charge in [-0.05, 0) is 0 Å². The molecule has 0 heterocycles. The van der Waals surface area contributed by atoms with Gasteiger partial charge in [-0.2, -0.15) is 0 Å². The standard InChI is InChI=1S/2C5H9O2.Sn/c2*1-3-5(6)7-4-2;/h2*3H,4H2,1-2H3;. The first-order valence-corrected chi connectivity index (χ1v) is 8.41. The summed E-state index contributed by atoms with van der Waals surface area (Å²) in [6, 6.07) is 0. The third-order valence-corrected chi connectivity index (χ3v) is 5.98. The first-order valence-electron chi connectivity index (χ1n) is 5.12. The van der Waals surface area contributed by atoms with Crippen LogP contribution in [0, 0.1) is 0 Å². The molecule has 0 aromatic carbocycles. The van der Waals surface area contributed by atoms with Gasteiger partial charge in [0.05, 0.1) is 0 Å². The topological polar surface area (TPSA) is 52.6 Å². The van der Waals surface area contributed by atoms with Crippen molar-refractivity contribution < 1.29 is 19.1 Å². The zero-order valence-corrected chi connectivity index (χ0v) is 12.6. The summed E-state index contributed by atoms with van der Waals surface area (Å²) in [5, 5.41) is 0. The average molecular weight is 321 g/mol. The van der Waals surface area contributed by atoms with Crippen molar-refractivity contribution in [1.29, 1.82) is 0 Å². The number of carbonyl (C=O) groups is 2. The molecule has 0 aliphatic carbocycles. The molecular weight excluding hydrogens is 303 g/mol. The molecule has 0 aromatic heterocycles. The van der Waals surface area contributed by atoms with Gasteiger partial charge in [0.2, 0.25) is 0 Å². The van der Waals surface area contributed by atoms with Crippen LogP contribution in [-0.2, 0) is 19.1 Å². The van der Waals surface area contributed by atoms with Gasteiger partial charge in [0, 0.05) is 0 Å². The van der Waals surface area contributed by atoms with Crippen molar-refractivity contribution in [2.45, 2.75) is 35.6 Å². The van der Waals surface area contributed by atoms with Gasteiger partial charge in [-0.3, -0.25) is 0 Å². The number of ether oxygens (including phenoxy) is 2. The second-order valence-electron chi connectivity index (χ2n) is 3.11. The normalized spacial score (nSPS) is 14.1. The van der Waals surface area contributed by atoms with E-state index in [4.69, 9.17) is 9.47 Å². The summed E-state index contributed by atoms with van der Waals surface area (Å²) >= 11 is -1.11. The number of rotatable bonds is 6. The molecule has 86 valence electrons. The Bertz CT molecular complexity index is 195. The fraction of sp³-hybridized carbons (Fsp3) is 0.800. The molecule has 0 amide bonds. The molecule has 0 aromatic rings. The van der Waals surface area contributed by atoms with Crippen molar-refractivity contribution >= 4 is 33.1 Å². The van der Waals surface area contributed by atoms with E-state index in [1.807, 2.05) is 13.8 Å². The number of esters is 2. The van der Waals surface area contributed by atoms with Crippen LogP contribution >= 0.6 is 0 Å². The monoisotopic (exact) mass is 322 g/mol. The Hall–Kier alpha value is -0.261. The maximum absolute atomic E-state index is 11.3. The van der Waals surface area contributed by atoms with Gasteiger partial charge in [-0.15, -0.1) is 0 Å². The molecule has 2 radical (unpaired) electrons. The number of hydrogen-bond acceptors (Lipinski definition) is 4. The molecular formula is C10H18O4Sn. The van der Waals surface area contributed by atoms with Crippen molar-refractivity contribution in [3.05, 3.63) is 0 Å². The molecule has 0 N–H and O–H groups in total. The second kappa shape index (κ2) is 7.96. The van der Waals surface area contributed by atoms with Crippen LogP contribution in [0.1, 0.15) is 27.7 Å². The van der Waals surface area contributed by atoms with E-state index in [2.05, 4.69) is 0 Å². The SMILES string of the molecule is CCOC(=O)[CH](C)[Sn][CH](C)C(=O)OCC. The van der Waals surface area contributed by atoms with Crippen LogP contribution < -0.4 is 0 Å². The average Bonchev–Trinajstić information content (AvgIpc) is 2.18. The number of hydrogen-bond donors (Lipinski definition) is 0. The minimum atomic E-state index is -1.11. The molecule has 5 heteroatoms. The predicted octanol–water partition coefficient (Wildman–Crippen LogP) is 1.43. The molecule has 0 aliphatic rings. The van der Waals surface area contributed by atoms with Gasteiger partial charge < -0.3 is 0 Å². The number of carbonyl (C=O) groups excluding carboxylic acids is 2. The molecule has 0 saturated carbocycles. The molecule has 15 heavy (non-hydrogen) atoms. The summed E-state index contributed by atoms with van der Waals surface area (Å²) in [6.07, 6.45) is 0. The van der Waals surface area contributed by atoms with Gasteiger partial charge in [-0.1, -0.05) is 0 Å². The third-order valence-electron chi connectivity index (χ3n) is 1.78. The first-order chi connectivity index (χ1) is 7.02. The van der Waals surface area contributed by atoms with Gasteiger partial charge in [0.25, 0.3) is 0 Å². The summed E-state index contributed by atoms with van der Waals surface area (Å²) < 4.78 is 9.61. The van der Waals surface area contributed by atoms with Gasteiger partial charge >= 0.3 is 101 Å². The Balaban J connectivity index is 3.99. The molecule has 2 unspecified atom stereocenters. The zero-order valence-electron chi connectivity index (χ0n) is 9.70. The van der Waals surface area contributed by atoms with Crippen molar-refractivity contribution in [3.63, 3.8) is 0 Å². The predicted molar refractivity (Wildman–Crippen MR) is 57.9 cm³/mol. The fourth-order valence-corrected chi connectivity index (χ4v) is 4.44. The summed E-state index contributed by atoms with van der Waals surface area (Å²) in [4.78, 5) is 22.7. The van der Waals surface area contributed by atoms with Crippen LogP contribution in [0.3, 0.4) is 0 Å². The summed E-state index contributed by atoms with van der Waals surface area (Å²) in [6.45, 7) is 8.03. The molecule has 0 fully saturated rings. The van der Waals surface area contributed by atoms with E-state index in [9.17, 15) is 9.59 Å². The molecule has 0 saturated heterocycles. The van der Waals surface area contributed by atoms with E-state index in [1.54, 1.807) is 13.8 Å². The van der Waals surface area contributed by atoms with E-state index in [1.165, 1.54) is 0 Å². The molecule has 0 spiro atoms. The third kappa shape index (κ3) is 6.02. The van der Waals surface area contributed by atoms with E-state index < -0.39 is 21.1 Å². The summed E-state index contributed by atoms with van der Waals surface area (Å²) in [5.41, 5.74) is 0. The van der Waals surface area contributed by atoms with Gasteiger partial charge in [0.15, 0.2) is 0 Å². The minimum absolute atomic E-state index is 0.0899. The Morgan fingerprint density at radius 1 is 1.00 bits per heavy atom. The maximum atomic E-state index is 11.3. The molecule has 4 nitrogen and oxygen atoms in total. The fourth-order valence-electron chi connectivity index (χ4n) is 1.05. The van der Waals surface area contributed by atoms with Crippen molar-refractivity contribution in [2.75, 3.05) is 13.2 Å². The molecule has 0 aliphatic heterocycles. The van der Waals surface area contributed by atoms with Crippen LogP contribution in [-0.4, -0.2) is 46.3 Å². The molecule has 2 atom stereocenters. The van der Waals surface area contributed by atoms with Crippen LogP contribution in [0.25, 0.3) is 0 Å². The van der Waals surface area contributed by atoms with E-state index in [0.717, 1.165) is 0 Å². The van der Waals surface area contributed by atoms with Gasteiger partial charge in [0.1, 0.15) is 0 Å². The second-order valence-corrected chi connectivity index (χ2v) is 9.01. The van der Waals surface area contributed by atoms with Crippen LogP contribution in [0.4, 0.5) is 0 Å². The van der Waals surface area contributed by atoms with Crippen molar-refractivity contribution in [2.24, 2.45) is 0 Å². The van der Waals surface area contributed by atoms with E-state index >= 15 is 0 Å².